The summed E-state index contributed by atoms with van der Waals surface area (Å²) >= 11 is 0. The van der Waals surface area contributed by atoms with E-state index in [2.05, 4.69) is 0 Å². The molecule has 1 aromatic rings. The van der Waals surface area contributed by atoms with E-state index in [1.807, 2.05) is 19.1 Å². The Morgan fingerprint density at radius 1 is 1.28 bits per heavy atom. The lowest BCUT2D eigenvalue weighted by atomic mass is 10.1. The lowest BCUT2D eigenvalue weighted by molar-refractivity contribution is 0.151. The van der Waals surface area contributed by atoms with Crippen molar-refractivity contribution in [2.45, 2.75) is 43.6 Å². The molecule has 1 atom stereocenters. The van der Waals surface area contributed by atoms with Crippen LogP contribution in [0.25, 0.3) is 0 Å². The highest BCUT2D eigenvalue weighted by atomic mass is 32.2. The van der Waals surface area contributed by atoms with E-state index in [1.54, 1.807) is 12.1 Å². The molecule has 0 bridgehead atoms. The van der Waals surface area contributed by atoms with E-state index in [4.69, 9.17) is 0 Å². The molecule has 0 saturated heterocycles. The van der Waals surface area contributed by atoms with E-state index < -0.39 is 9.84 Å². The molecule has 3 nitrogen and oxygen atoms in total. The fourth-order valence-corrected chi connectivity index (χ4v) is 3.43. The van der Waals surface area contributed by atoms with Crippen LogP contribution in [0.15, 0.2) is 29.2 Å². The Hall–Kier alpha value is -0.870. The first kappa shape index (κ1) is 13.6. The predicted octanol–water partition coefficient (Wildman–Crippen LogP) is 2.18. The quantitative estimate of drug-likeness (QED) is 0.860. The second kappa shape index (κ2) is 5.41. The molecule has 1 saturated carbocycles. The molecule has 1 aromatic carbocycles. The van der Waals surface area contributed by atoms with Crippen molar-refractivity contribution >= 4 is 9.84 Å². The average molecular weight is 268 g/mol. The third kappa shape index (κ3) is 3.33. The van der Waals surface area contributed by atoms with Crippen LogP contribution in [0.2, 0.25) is 0 Å². The van der Waals surface area contributed by atoms with E-state index in [0.717, 1.165) is 18.4 Å². The van der Waals surface area contributed by atoms with Gasteiger partial charge in [0.15, 0.2) is 9.84 Å². The zero-order valence-corrected chi connectivity index (χ0v) is 11.5. The first-order valence-electron chi connectivity index (χ1n) is 6.52. The van der Waals surface area contributed by atoms with Gasteiger partial charge in [0.25, 0.3) is 0 Å². The van der Waals surface area contributed by atoms with Gasteiger partial charge in [-0.3, -0.25) is 0 Å². The van der Waals surface area contributed by atoms with Gasteiger partial charge < -0.3 is 5.11 Å². The minimum absolute atomic E-state index is 0.192. The van der Waals surface area contributed by atoms with E-state index in [1.165, 1.54) is 0 Å². The maximum absolute atomic E-state index is 11.8. The Labute approximate surface area is 109 Å². The molecule has 1 unspecified atom stereocenters. The molecule has 1 N–H and O–H groups in total. The highest BCUT2D eigenvalue weighted by Gasteiger charge is 2.29. The number of hydrogen-bond acceptors (Lipinski definition) is 3. The van der Waals surface area contributed by atoms with E-state index in [9.17, 15) is 13.5 Å². The maximum Gasteiger partial charge on any atom is 0.178 e. The molecule has 1 fully saturated rings. The Balaban J connectivity index is 2.05. The summed E-state index contributed by atoms with van der Waals surface area (Å²) in [6.45, 7) is 1.86. The normalized spacial score (nSPS) is 17.7. The largest absolute Gasteiger partial charge is 0.392 e. The molecule has 0 spiro atoms. The molecule has 4 heteroatoms. The van der Waals surface area contributed by atoms with Crippen LogP contribution < -0.4 is 0 Å². The minimum atomic E-state index is -3.12. The van der Waals surface area contributed by atoms with Gasteiger partial charge >= 0.3 is 0 Å². The van der Waals surface area contributed by atoms with Gasteiger partial charge in [-0.1, -0.05) is 19.1 Å². The standard InChI is InChI=1S/C14H20O3S/c1-2-9-18(16,17)13-7-3-11(4-8-13)10-14(15)12-5-6-12/h3-4,7-8,12,14-15H,2,5-6,9-10H2,1H3. The second-order valence-electron chi connectivity index (χ2n) is 5.07. The number of aliphatic hydroxyl groups excluding tert-OH is 1. The Morgan fingerprint density at radius 3 is 2.39 bits per heavy atom. The van der Waals surface area contributed by atoms with Crippen LogP contribution in [-0.2, 0) is 16.3 Å². The molecule has 100 valence electrons. The fourth-order valence-electron chi connectivity index (χ4n) is 2.11. The fraction of sp³-hybridized carbons (Fsp3) is 0.571. The van der Waals surface area contributed by atoms with Crippen molar-refractivity contribution in [1.82, 2.24) is 0 Å². The summed E-state index contributed by atoms with van der Waals surface area (Å²) < 4.78 is 23.7. The van der Waals surface area contributed by atoms with Gasteiger partial charge in [-0.2, -0.15) is 0 Å². The molecule has 0 heterocycles. The van der Waals surface area contributed by atoms with E-state index in [-0.39, 0.29) is 11.9 Å². The minimum Gasteiger partial charge on any atom is -0.392 e. The van der Waals surface area contributed by atoms with Gasteiger partial charge in [0.2, 0.25) is 0 Å². The molecule has 0 aliphatic heterocycles. The molecule has 0 aromatic heterocycles. The van der Waals surface area contributed by atoms with Gasteiger partial charge in [0.05, 0.1) is 16.8 Å². The first-order chi connectivity index (χ1) is 8.53. The van der Waals surface area contributed by atoms with Crippen LogP contribution in [0.4, 0.5) is 0 Å². The van der Waals surface area contributed by atoms with Crippen LogP contribution in [0, 0.1) is 5.92 Å². The smallest absolute Gasteiger partial charge is 0.178 e. The lowest BCUT2D eigenvalue weighted by Crippen LogP contribution is -2.13. The van der Waals surface area contributed by atoms with Crippen LogP contribution in [0.3, 0.4) is 0 Å². The van der Waals surface area contributed by atoms with E-state index in [0.29, 0.717) is 23.7 Å². The van der Waals surface area contributed by atoms with Crippen molar-refractivity contribution < 1.29 is 13.5 Å². The molecule has 2 rings (SSSR count). The SMILES string of the molecule is CCCS(=O)(=O)c1ccc(CC(O)C2CC2)cc1. The number of aliphatic hydroxyl groups is 1. The van der Waals surface area contributed by atoms with Crippen LogP contribution >= 0.6 is 0 Å². The molecule has 1 aliphatic rings. The van der Waals surface area contributed by atoms with E-state index >= 15 is 0 Å². The zero-order valence-electron chi connectivity index (χ0n) is 10.7. The Kier molecular flexibility index (Phi) is 4.07. The maximum atomic E-state index is 11.8. The third-order valence-corrected chi connectivity index (χ3v) is 5.30. The number of sulfone groups is 1. The summed E-state index contributed by atoms with van der Waals surface area (Å²) in [7, 11) is -3.12. The van der Waals surface area contributed by atoms with Gasteiger partial charge in [0.1, 0.15) is 0 Å². The average Bonchev–Trinajstić information content (AvgIpc) is 3.13. The van der Waals surface area contributed by atoms with Crippen molar-refractivity contribution in [3.8, 4) is 0 Å². The van der Waals surface area contributed by atoms with Gasteiger partial charge in [-0.05, 0) is 49.3 Å². The van der Waals surface area contributed by atoms with Crippen molar-refractivity contribution in [3.05, 3.63) is 29.8 Å². The molecular weight excluding hydrogens is 248 g/mol. The number of benzene rings is 1. The van der Waals surface area contributed by atoms with Crippen molar-refractivity contribution in [1.29, 1.82) is 0 Å². The summed E-state index contributed by atoms with van der Waals surface area (Å²) in [5, 5.41) is 9.84. The van der Waals surface area contributed by atoms with Gasteiger partial charge in [0, 0.05) is 0 Å². The first-order valence-corrected chi connectivity index (χ1v) is 8.18. The second-order valence-corrected chi connectivity index (χ2v) is 7.18. The van der Waals surface area contributed by atoms with Gasteiger partial charge in [-0.15, -0.1) is 0 Å². The number of rotatable bonds is 6. The Morgan fingerprint density at radius 2 is 1.89 bits per heavy atom. The summed E-state index contributed by atoms with van der Waals surface area (Å²) in [6.07, 6.45) is 3.21. The molecule has 0 radical (unpaired) electrons. The third-order valence-electron chi connectivity index (χ3n) is 3.37. The van der Waals surface area contributed by atoms with Gasteiger partial charge in [-0.25, -0.2) is 8.42 Å². The number of hydrogen-bond donors (Lipinski definition) is 1. The summed E-state index contributed by atoms with van der Waals surface area (Å²) in [5.74, 6) is 0.644. The Bertz CT molecular complexity index is 486. The van der Waals surface area contributed by atoms with Crippen molar-refractivity contribution in [2.75, 3.05) is 5.75 Å². The van der Waals surface area contributed by atoms with Crippen LogP contribution in [0.1, 0.15) is 31.7 Å². The van der Waals surface area contributed by atoms with Crippen LogP contribution in [-0.4, -0.2) is 25.4 Å². The summed E-state index contributed by atoms with van der Waals surface area (Å²) in [6, 6.07) is 6.93. The summed E-state index contributed by atoms with van der Waals surface area (Å²) in [4.78, 5) is 0.383. The van der Waals surface area contributed by atoms with Crippen molar-refractivity contribution in [3.63, 3.8) is 0 Å². The van der Waals surface area contributed by atoms with Crippen molar-refractivity contribution in [2.24, 2.45) is 5.92 Å². The predicted molar refractivity (Wildman–Crippen MR) is 71.2 cm³/mol. The zero-order chi connectivity index (χ0) is 13.2. The topological polar surface area (TPSA) is 54.4 Å². The molecule has 1 aliphatic carbocycles. The molecular formula is C14H20O3S. The summed E-state index contributed by atoms with van der Waals surface area (Å²) in [5.41, 5.74) is 1.00. The molecule has 0 amide bonds. The molecule has 18 heavy (non-hydrogen) atoms. The monoisotopic (exact) mass is 268 g/mol. The lowest BCUT2D eigenvalue weighted by Gasteiger charge is -2.09. The van der Waals surface area contributed by atoms with Crippen LogP contribution in [0.5, 0.6) is 0 Å². The highest BCUT2D eigenvalue weighted by Crippen LogP contribution is 2.34. The highest BCUT2D eigenvalue weighted by molar-refractivity contribution is 7.91.